The zero-order valence-corrected chi connectivity index (χ0v) is 17.5. The molecule has 0 bridgehead atoms. The van der Waals surface area contributed by atoms with E-state index < -0.39 is 6.10 Å². The van der Waals surface area contributed by atoms with Crippen LogP contribution in [0.5, 0.6) is 11.5 Å². The minimum absolute atomic E-state index is 0.245. The quantitative estimate of drug-likeness (QED) is 0.492. The largest absolute Gasteiger partial charge is 0.454 e. The van der Waals surface area contributed by atoms with Crippen LogP contribution in [-0.4, -0.2) is 40.6 Å². The maximum Gasteiger partial charge on any atom is 0.231 e. The maximum atomic E-state index is 10.2. The minimum atomic E-state index is -0.592. The molecule has 0 spiro atoms. The molecular weight excluding hydrogens is 410 g/mol. The molecule has 2 N–H and O–H groups in total. The van der Waals surface area contributed by atoms with E-state index in [0.29, 0.717) is 12.4 Å². The Hall–Kier alpha value is -2.33. The molecule has 0 unspecified atom stereocenters. The van der Waals surface area contributed by atoms with Crippen LogP contribution in [-0.2, 0) is 11.3 Å². The van der Waals surface area contributed by atoms with E-state index in [9.17, 15) is 5.11 Å². The van der Waals surface area contributed by atoms with E-state index in [1.165, 1.54) is 28.7 Å². The number of ether oxygens (including phenoxy) is 3. The topological polar surface area (TPSA) is 85.7 Å². The molecule has 1 aromatic heterocycles. The van der Waals surface area contributed by atoms with Crippen molar-refractivity contribution >= 4 is 33.9 Å². The Kier molecular flexibility index (Phi) is 6.50. The van der Waals surface area contributed by atoms with Crippen molar-refractivity contribution in [2.45, 2.75) is 24.0 Å². The Balaban J connectivity index is 1.19. The average molecular weight is 432 g/mol. The van der Waals surface area contributed by atoms with Crippen molar-refractivity contribution < 1.29 is 19.3 Å². The third kappa shape index (κ3) is 5.60. The molecule has 3 aromatic rings. The number of aliphatic hydroxyl groups is 1. The molecule has 0 radical (unpaired) electrons. The molecule has 0 aliphatic carbocycles. The summed E-state index contributed by atoms with van der Waals surface area (Å²) in [5, 5.41) is 22.5. The summed E-state index contributed by atoms with van der Waals surface area (Å²) in [6, 6.07) is 13.8. The van der Waals surface area contributed by atoms with Gasteiger partial charge >= 0.3 is 0 Å². The molecule has 2 aromatic carbocycles. The molecule has 1 aliphatic heterocycles. The Labute approximate surface area is 177 Å². The first-order valence-electron chi connectivity index (χ1n) is 9.10. The molecule has 29 heavy (non-hydrogen) atoms. The number of rotatable bonds is 9. The third-order valence-electron chi connectivity index (χ3n) is 4.09. The normalized spacial score (nSPS) is 13.4. The number of hydrogen-bond acceptors (Lipinski definition) is 9. The molecule has 9 heteroatoms. The van der Waals surface area contributed by atoms with Gasteiger partial charge in [0.05, 0.1) is 19.3 Å². The first-order chi connectivity index (χ1) is 14.2. The van der Waals surface area contributed by atoms with Crippen LogP contribution in [0.1, 0.15) is 11.1 Å². The van der Waals surface area contributed by atoms with Gasteiger partial charge in [0.15, 0.2) is 15.8 Å². The van der Waals surface area contributed by atoms with Crippen LogP contribution in [0.4, 0.5) is 10.8 Å². The summed E-state index contributed by atoms with van der Waals surface area (Å²) in [5.74, 6) is 1.97. The van der Waals surface area contributed by atoms with Gasteiger partial charge in [-0.05, 0) is 42.3 Å². The SMILES string of the molecule is Cc1cccc(Nc2nnc(SC[C@@H](O)COCc3ccc4c(c3)OCO4)s2)c1. The highest BCUT2D eigenvalue weighted by molar-refractivity contribution is 8.01. The second kappa shape index (κ2) is 9.45. The number of hydrogen-bond donors (Lipinski definition) is 2. The van der Waals surface area contributed by atoms with E-state index in [2.05, 4.69) is 21.6 Å². The van der Waals surface area contributed by atoms with E-state index in [4.69, 9.17) is 14.2 Å². The summed E-state index contributed by atoms with van der Waals surface area (Å²) in [4.78, 5) is 0. The summed E-state index contributed by atoms with van der Waals surface area (Å²) in [5.41, 5.74) is 3.14. The van der Waals surface area contributed by atoms with Crippen molar-refractivity contribution in [3.8, 4) is 11.5 Å². The van der Waals surface area contributed by atoms with Crippen LogP contribution in [0.25, 0.3) is 0 Å². The molecule has 7 nitrogen and oxygen atoms in total. The van der Waals surface area contributed by atoms with Gasteiger partial charge in [-0.2, -0.15) is 0 Å². The Morgan fingerprint density at radius 1 is 1.21 bits per heavy atom. The number of nitrogens with one attached hydrogen (secondary N) is 1. The summed E-state index contributed by atoms with van der Waals surface area (Å²) >= 11 is 2.92. The lowest BCUT2D eigenvalue weighted by atomic mass is 10.2. The summed E-state index contributed by atoms with van der Waals surface area (Å²) < 4.78 is 17.1. The smallest absolute Gasteiger partial charge is 0.231 e. The summed E-state index contributed by atoms with van der Waals surface area (Å²) in [6.45, 7) is 2.95. The van der Waals surface area contributed by atoms with Crippen molar-refractivity contribution in [1.82, 2.24) is 10.2 Å². The predicted molar refractivity (Wildman–Crippen MR) is 113 cm³/mol. The second-order valence-corrected chi connectivity index (χ2v) is 8.78. The molecule has 4 rings (SSSR count). The lowest BCUT2D eigenvalue weighted by Crippen LogP contribution is -2.17. The molecule has 0 fully saturated rings. The van der Waals surface area contributed by atoms with E-state index in [-0.39, 0.29) is 13.4 Å². The predicted octanol–water partition coefficient (Wildman–Crippen LogP) is 3.99. The number of benzene rings is 2. The van der Waals surface area contributed by atoms with E-state index in [1.54, 1.807) is 0 Å². The number of aryl methyl sites for hydroxylation is 1. The Morgan fingerprint density at radius 2 is 2.10 bits per heavy atom. The van der Waals surface area contributed by atoms with Crippen molar-refractivity contribution in [1.29, 1.82) is 0 Å². The number of anilines is 2. The highest BCUT2D eigenvalue weighted by Crippen LogP contribution is 2.32. The minimum Gasteiger partial charge on any atom is -0.454 e. The Bertz CT molecular complexity index is 966. The van der Waals surface area contributed by atoms with Crippen LogP contribution in [0.2, 0.25) is 0 Å². The number of aliphatic hydroxyl groups excluding tert-OH is 1. The standard InChI is InChI=1S/C20H21N3O4S2/c1-13-3-2-4-15(7-13)21-19-22-23-20(29-19)28-11-16(24)10-25-9-14-5-6-17-18(8-14)27-12-26-17/h2-8,16,24H,9-12H2,1H3,(H,21,22)/t16-/m0/s1. The van der Waals surface area contributed by atoms with E-state index in [0.717, 1.165) is 32.2 Å². The molecule has 0 amide bonds. The summed E-state index contributed by atoms with van der Waals surface area (Å²) in [7, 11) is 0. The Morgan fingerprint density at radius 3 is 3.00 bits per heavy atom. The zero-order chi connectivity index (χ0) is 20.1. The first-order valence-corrected chi connectivity index (χ1v) is 10.9. The highest BCUT2D eigenvalue weighted by atomic mass is 32.2. The van der Waals surface area contributed by atoms with Gasteiger partial charge in [-0.3, -0.25) is 0 Å². The van der Waals surface area contributed by atoms with Crippen LogP contribution in [0.15, 0.2) is 46.8 Å². The number of nitrogens with zero attached hydrogens (tertiary/aromatic N) is 2. The second-order valence-electron chi connectivity index (χ2n) is 6.54. The molecule has 1 aliphatic rings. The average Bonchev–Trinajstić information content (AvgIpc) is 3.35. The zero-order valence-electron chi connectivity index (χ0n) is 15.8. The van der Waals surface area contributed by atoms with Gasteiger partial charge < -0.3 is 24.6 Å². The van der Waals surface area contributed by atoms with Gasteiger partial charge in [0.2, 0.25) is 11.9 Å². The maximum absolute atomic E-state index is 10.2. The van der Waals surface area contributed by atoms with Crippen molar-refractivity contribution in [2.75, 3.05) is 24.5 Å². The third-order valence-corrected chi connectivity index (χ3v) is 6.21. The van der Waals surface area contributed by atoms with Gasteiger partial charge in [0.25, 0.3) is 0 Å². The molecule has 2 heterocycles. The van der Waals surface area contributed by atoms with Gasteiger partial charge in [0.1, 0.15) is 0 Å². The first kappa shape index (κ1) is 20.0. The molecule has 1 atom stereocenters. The van der Waals surface area contributed by atoms with Crippen LogP contribution in [0, 0.1) is 6.92 Å². The van der Waals surface area contributed by atoms with Crippen molar-refractivity contribution in [2.24, 2.45) is 0 Å². The number of aromatic nitrogens is 2. The van der Waals surface area contributed by atoms with Crippen LogP contribution < -0.4 is 14.8 Å². The fraction of sp³-hybridized carbons (Fsp3) is 0.300. The summed E-state index contributed by atoms with van der Waals surface area (Å²) in [6.07, 6.45) is -0.592. The lowest BCUT2D eigenvalue weighted by Gasteiger charge is -2.10. The molecular formula is C20H21N3O4S2. The fourth-order valence-electron chi connectivity index (χ4n) is 2.72. The van der Waals surface area contributed by atoms with E-state index >= 15 is 0 Å². The van der Waals surface area contributed by atoms with Gasteiger partial charge in [0, 0.05) is 11.4 Å². The van der Waals surface area contributed by atoms with Gasteiger partial charge in [-0.1, -0.05) is 41.3 Å². The molecule has 0 saturated heterocycles. The molecule has 0 saturated carbocycles. The van der Waals surface area contributed by atoms with Crippen molar-refractivity contribution in [3.63, 3.8) is 0 Å². The van der Waals surface area contributed by atoms with Crippen molar-refractivity contribution in [3.05, 3.63) is 53.6 Å². The monoisotopic (exact) mass is 431 g/mol. The highest BCUT2D eigenvalue weighted by Gasteiger charge is 2.14. The fourth-order valence-corrected chi connectivity index (χ4v) is 4.43. The van der Waals surface area contributed by atoms with E-state index in [1.807, 2.05) is 43.3 Å². The van der Waals surface area contributed by atoms with Gasteiger partial charge in [-0.15, -0.1) is 10.2 Å². The van der Waals surface area contributed by atoms with Crippen LogP contribution in [0.3, 0.4) is 0 Å². The molecule has 152 valence electrons. The van der Waals surface area contributed by atoms with Gasteiger partial charge in [-0.25, -0.2) is 0 Å². The van der Waals surface area contributed by atoms with Crippen LogP contribution >= 0.6 is 23.1 Å². The lowest BCUT2D eigenvalue weighted by molar-refractivity contribution is 0.0397. The number of fused-ring (bicyclic) bond motifs is 1. The number of thioether (sulfide) groups is 1.